The van der Waals surface area contributed by atoms with Gasteiger partial charge in [-0.25, -0.2) is 0 Å². The average molecular weight is 414 g/mol. The number of carbonyl (C=O) groups is 2. The molecule has 0 aromatic heterocycles. The van der Waals surface area contributed by atoms with Crippen LogP contribution >= 0.6 is 0 Å². The van der Waals surface area contributed by atoms with Gasteiger partial charge in [-0.1, -0.05) is 24.6 Å². The lowest BCUT2D eigenvalue weighted by Crippen LogP contribution is -2.51. The normalized spacial score (nSPS) is 27.0. The van der Waals surface area contributed by atoms with Crippen LogP contribution in [0, 0.1) is 11.8 Å². The Morgan fingerprint density at radius 1 is 1.17 bits per heavy atom. The van der Waals surface area contributed by atoms with Gasteiger partial charge < -0.3 is 19.9 Å². The maximum absolute atomic E-state index is 12.8. The molecule has 4 rings (SSSR count). The number of benzene rings is 1. The third-order valence-electron chi connectivity index (χ3n) is 7.20. The minimum atomic E-state index is -0.221. The zero-order chi connectivity index (χ0) is 20.9. The number of nitrogens with one attached hydrogen (secondary N) is 1. The van der Waals surface area contributed by atoms with Gasteiger partial charge in [-0.15, -0.1) is 0 Å². The summed E-state index contributed by atoms with van der Waals surface area (Å²) in [7, 11) is 1.67. The van der Waals surface area contributed by atoms with Gasteiger partial charge in [0.15, 0.2) is 0 Å². The van der Waals surface area contributed by atoms with Crippen LogP contribution in [0.1, 0.15) is 44.1 Å². The summed E-state index contributed by atoms with van der Waals surface area (Å²) in [5.41, 5.74) is 1.09. The van der Waals surface area contributed by atoms with Crippen LogP contribution in [0.3, 0.4) is 0 Å². The van der Waals surface area contributed by atoms with Gasteiger partial charge in [-0.05, 0) is 62.7 Å². The second-order valence-corrected chi connectivity index (χ2v) is 9.05. The van der Waals surface area contributed by atoms with Gasteiger partial charge in [-0.3, -0.25) is 9.59 Å². The van der Waals surface area contributed by atoms with Gasteiger partial charge in [0.2, 0.25) is 11.8 Å². The van der Waals surface area contributed by atoms with Crippen LogP contribution in [-0.2, 0) is 16.0 Å². The van der Waals surface area contributed by atoms with Crippen molar-refractivity contribution in [2.75, 3.05) is 39.8 Å². The molecule has 164 valence electrons. The quantitative estimate of drug-likeness (QED) is 0.746. The lowest BCUT2D eigenvalue weighted by molar-refractivity contribution is -0.129. The number of fused-ring (bicyclic) bond motifs is 1. The fourth-order valence-corrected chi connectivity index (χ4v) is 5.52. The average Bonchev–Trinajstić information content (AvgIpc) is 3.16. The van der Waals surface area contributed by atoms with E-state index >= 15 is 0 Å². The second-order valence-electron chi connectivity index (χ2n) is 9.05. The fourth-order valence-electron chi connectivity index (χ4n) is 5.52. The number of methoxy groups -OCH3 is 1. The molecule has 3 aliphatic rings. The number of rotatable bonds is 7. The fraction of sp³-hybridized carbons (Fsp3) is 0.667. The molecule has 2 amide bonds. The molecule has 1 N–H and O–H groups in total. The Labute approximate surface area is 179 Å². The number of nitrogens with zero attached hydrogens (tertiary/aromatic N) is 2. The number of piperidine rings is 2. The van der Waals surface area contributed by atoms with E-state index in [0.29, 0.717) is 31.5 Å². The smallest absolute Gasteiger partial charge is 0.225 e. The molecule has 0 saturated carbocycles. The zero-order valence-electron chi connectivity index (χ0n) is 18.1. The van der Waals surface area contributed by atoms with Crippen molar-refractivity contribution in [1.82, 2.24) is 15.1 Å². The Morgan fingerprint density at radius 3 is 2.87 bits per heavy atom. The number of ether oxygens (including phenoxy) is 1. The Hall–Kier alpha value is -2.08. The first-order valence-corrected chi connectivity index (χ1v) is 11.6. The molecule has 1 aromatic carbocycles. The monoisotopic (exact) mass is 413 g/mol. The molecule has 6 nitrogen and oxygen atoms in total. The van der Waals surface area contributed by atoms with Gasteiger partial charge in [0, 0.05) is 32.1 Å². The van der Waals surface area contributed by atoms with Gasteiger partial charge in [0.1, 0.15) is 5.75 Å². The molecule has 3 saturated heterocycles. The maximum Gasteiger partial charge on any atom is 0.225 e. The number of hydrogen-bond acceptors (Lipinski definition) is 4. The molecule has 3 aliphatic heterocycles. The van der Waals surface area contributed by atoms with Crippen LogP contribution in [0.4, 0.5) is 0 Å². The molecule has 1 aromatic rings. The standard InChI is InChI=1S/C24H35N3O3/c1-30-22-10-3-2-7-18(22)11-14-27-17-20(15-23(27)28)24(29)25-16-19-8-6-13-26-12-5-4-9-21(19)26/h2-3,7,10,19-21H,4-6,8-9,11-17H2,1H3,(H,25,29)/t19-,20+,21+/m0/s1. The number of para-hydroxylation sites is 1. The summed E-state index contributed by atoms with van der Waals surface area (Å²) in [5.74, 6) is 1.32. The van der Waals surface area contributed by atoms with Crippen molar-refractivity contribution in [2.45, 2.75) is 51.0 Å². The Kier molecular flexibility index (Phi) is 6.93. The minimum absolute atomic E-state index is 0.0519. The van der Waals surface area contributed by atoms with E-state index in [1.165, 1.54) is 45.2 Å². The number of likely N-dealkylation sites (tertiary alicyclic amines) is 1. The summed E-state index contributed by atoms with van der Waals surface area (Å²) in [6.45, 7) is 4.34. The summed E-state index contributed by atoms with van der Waals surface area (Å²) in [5, 5.41) is 3.20. The van der Waals surface area contributed by atoms with Crippen molar-refractivity contribution in [3.05, 3.63) is 29.8 Å². The number of carbonyl (C=O) groups excluding carboxylic acids is 2. The van der Waals surface area contributed by atoms with E-state index in [4.69, 9.17) is 4.74 Å². The predicted octanol–water partition coefficient (Wildman–Crippen LogP) is 2.47. The Bertz CT molecular complexity index is 751. The molecule has 3 heterocycles. The first kappa shape index (κ1) is 21.2. The number of amides is 2. The third-order valence-corrected chi connectivity index (χ3v) is 7.20. The molecular weight excluding hydrogens is 378 g/mol. The largest absolute Gasteiger partial charge is 0.496 e. The Morgan fingerprint density at radius 2 is 2.00 bits per heavy atom. The molecule has 6 heteroatoms. The Balaban J connectivity index is 1.25. The maximum atomic E-state index is 12.8. The highest BCUT2D eigenvalue weighted by Gasteiger charge is 2.36. The number of hydrogen-bond donors (Lipinski definition) is 1. The van der Waals surface area contributed by atoms with E-state index in [-0.39, 0.29) is 17.7 Å². The third kappa shape index (κ3) is 4.80. The minimum Gasteiger partial charge on any atom is -0.496 e. The molecule has 0 bridgehead atoms. The SMILES string of the molecule is COc1ccccc1CCN1C[C@H](C(=O)NC[C@@H]2CCCN3CCCC[C@H]23)CC1=O. The first-order chi connectivity index (χ1) is 14.7. The van der Waals surface area contributed by atoms with E-state index in [2.05, 4.69) is 10.2 Å². The molecule has 0 spiro atoms. The van der Waals surface area contributed by atoms with Crippen molar-refractivity contribution in [1.29, 1.82) is 0 Å². The molecule has 0 unspecified atom stereocenters. The second kappa shape index (κ2) is 9.82. The van der Waals surface area contributed by atoms with Gasteiger partial charge in [0.25, 0.3) is 0 Å². The van der Waals surface area contributed by atoms with Crippen molar-refractivity contribution in [3.63, 3.8) is 0 Å². The highest BCUT2D eigenvalue weighted by molar-refractivity contribution is 5.89. The molecular formula is C24H35N3O3. The van der Waals surface area contributed by atoms with Crippen LogP contribution in [0.2, 0.25) is 0 Å². The van der Waals surface area contributed by atoms with Crippen molar-refractivity contribution in [3.8, 4) is 5.75 Å². The summed E-state index contributed by atoms with van der Waals surface area (Å²) in [6, 6.07) is 8.54. The van der Waals surface area contributed by atoms with E-state index in [9.17, 15) is 9.59 Å². The topological polar surface area (TPSA) is 61.9 Å². The highest BCUT2D eigenvalue weighted by Crippen LogP contribution is 2.30. The van der Waals surface area contributed by atoms with Crippen LogP contribution in [-0.4, -0.2) is 67.5 Å². The van der Waals surface area contributed by atoms with Crippen molar-refractivity contribution in [2.24, 2.45) is 11.8 Å². The van der Waals surface area contributed by atoms with Crippen molar-refractivity contribution >= 4 is 11.8 Å². The van der Waals surface area contributed by atoms with Crippen LogP contribution in [0.25, 0.3) is 0 Å². The molecule has 3 fully saturated rings. The molecule has 3 atom stereocenters. The molecule has 0 radical (unpaired) electrons. The van der Waals surface area contributed by atoms with Gasteiger partial charge in [0.05, 0.1) is 13.0 Å². The van der Waals surface area contributed by atoms with Crippen molar-refractivity contribution < 1.29 is 14.3 Å². The zero-order valence-corrected chi connectivity index (χ0v) is 18.1. The first-order valence-electron chi connectivity index (χ1n) is 11.6. The lowest BCUT2D eigenvalue weighted by atomic mass is 9.83. The van der Waals surface area contributed by atoms with E-state index in [1.807, 2.05) is 29.2 Å². The highest BCUT2D eigenvalue weighted by atomic mass is 16.5. The summed E-state index contributed by atoms with van der Waals surface area (Å²) in [4.78, 5) is 29.7. The molecule has 0 aliphatic carbocycles. The van der Waals surface area contributed by atoms with Gasteiger partial charge in [-0.2, -0.15) is 0 Å². The molecule has 30 heavy (non-hydrogen) atoms. The van der Waals surface area contributed by atoms with E-state index < -0.39 is 0 Å². The van der Waals surface area contributed by atoms with E-state index in [1.54, 1.807) is 7.11 Å². The summed E-state index contributed by atoms with van der Waals surface area (Å²) < 4.78 is 5.40. The summed E-state index contributed by atoms with van der Waals surface area (Å²) in [6.07, 6.45) is 7.39. The van der Waals surface area contributed by atoms with Crippen LogP contribution in [0.15, 0.2) is 24.3 Å². The van der Waals surface area contributed by atoms with Gasteiger partial charge >= 0.3 is 0 Å². The summed E-state index contributed by atoms with van der Waals surface area (Å²) >= 11 is 0. The van der Waals surface area contributed by atoms with Crippen LogP contribution < -0.4 is 10.1 Å². The van der Waals surface area contributed by atoms with Crippen LogP contribution in [0.5, 0.6) is 5.75 Å². The lowest BCUT2D eigenvalue weighted by Gasteiger charge is -2.44. The predicted molar refractivity (Wildman–Crippen MR) is 116 cm³/mol. The van der Waals surface area contributed by atoms with E-state index in [0.717, 1.165) is 24.3 Å².